The van der Waals surface area contributed by atoms with E-state index in [-0.39, 0.29) is 0 Å². The van der Waals surface area contributed by atoms with Crippen LogP contribution in [0.2, 0.25) is 0 Å². The maximum atomic E-state index is 3.92. The summed E-state index contributed by atoms with van der Waals surface area (Å²) in [5.74, 6) is 0.796. The van der Waals surface area contributed by atoms with Crippen molar-refractivity contribution in [2.45, 2.75) is 62.4 Å². The number of rotatable bonds is 2. The zero-order valence-electron chi connectivity index (χ0n) is 13.1. The van der Waals surface area contributed by atoms with Gasteiger partial charge in [-0.2, -0.15) is 0 Å². The molecule has 0 radical (unpaired) electrons. The van der Waals surface area contributed by atoms with Crippen molar-refractivity contribution in [3.05, 3.63) is 35.9 Å². The lowest BCUT2D eigenvalue weighted by Gasteiger charge is -2.40. The van der Waals surface area contributed by atoms with E-state index in [2.05, 4.69) is 40.5 Å². The minimum absolute atomic E-state index is 0.443. The summed E-state index contributed by atoms with van der Waals surface area (Å²) >= 11 is 0. The first-order valence-electron chi connectivity index (χ1n) is 8.90. The molecule has 1 aromatic rings. The van der Waals surface area contributed by atoms with Gasteiger partial charge in [-0.25, -0.2) is 0 Å². The molecule has 0 amide bonds. The van der Waals surface area contributed by atoms with Gasteiger partial charge in [0.05, 0.1) is 0 Å². The number of nitrogens with one attached hydrogen (secondary N) is 1. The van der Waals surface area contributed by atoms with E-state index in [9.17, 15) is 0 Å². The van der Waals surface area contributed by atoms with Crippen LogP contribution < -0.4 is 5.32 Å². The molecule has 114 valence electrons. The maximum Gasteiger partial charge on any atom is 0.0308 e. The molecule has 4 rings (SSSR count). The van der Waals surface area contributed by atoms with Crippen molar-refractivity contribution in [2.24, 2.45) is 0 Å². The maximum absolute atomic E-state index is 3.92. The molecule has 3 fully saturated rings. The largest absolute Gasteiger partial charge is 0.310 e. The number of hydrogen-bond donors (Lipinski definition) is 1. The van der Waals surface area contributed by atoms with Gasteiger partial charge in [-0.15, -0.1) is 0 Å². The summed E-state index contributed by atoms with van der Waals surface area (Å²) in [5, 5.41) is 3.92. The van der Waals surface area contributed by atoms with Gasteiger partial charge in [0.1, 0.15) is 0 Å². The van der Waals surface area contributed by atoms with Crippen LogP contribution in [0.5, 0.6) is 0 Å². The van der Waals surface area contributed by atoms with Gasteiger partial charge in [0.15, 0.2) is 0 Å². The summed E-state index contributed by atoms with van der Waals surface area (Å²) in [5.41, 5.74) is 2.00. The molecule has 2 heteroatoms. The lowest BCUT2D eigenvalue weighted by atomic mass is 9.81. The fourth-order valence-corrected chi connectivity index (χ4v) is 4.65. The minimum atomic E-state index is 0.443. The summed E-state index contributed by atoms with van der Waals surface area (Å²) in [6.07, 6.45) is 9.78. The summed E-state index contributed by atoms with van der Waals surface area (Å²) in [6, 6.07) is 12.0. The molecule has 1 aromatic carbocycles. The Morgan fingerprint density at radius 2 is 1.81 bits per heavy atom. The van der Waals surface area contributed by atoms with Crippen LogP contribution in [-0.4, -0.2) is 36.1 Å². The normalized spacial score (nSPS) is 32.8. The average molecular weight is 284 g/mol. The Morgan fingerprint density at radius 1 is 1.00 bits per heavy atom. The van der Waals surface area contributed by atoms with E-state index in [1.165, 1.54) is 64.6 Å². The van der Waals surface area contributed by atoms with Crippen LogP contribution in [0.25, 0.3) is 0 Å². The molecular weight excluding hydrogens is 256 g/mol. The highest BCUT2D eigenvalue weighted by molar-refractivity contribution is 5.28. The molecule has 0 bridgehead atoms. The Kier molecular flexibility index (Phi) is 3.76. The molecule has 2 nitrogen and oxygen atoms in total. The van der Waals surface area contributed by atoms with E-state index >= 15 is 0 Å². The van der Waals surface area contributed by atoms with Crippen LogP contribution >= 0.6 is 0 Å². The lowest BCUT2D eigenvalue weighted by molar-refractivity contribution is 0.157. The van der Waals surface area contributed by atoms with E-state index in [1.54, 1.807) is 5.56 Å². The molecule has 2 aliphatic carbocycles. The fourth-order valence-electron chi connectivity index (χ4n) is 4.65. The van der Waals surface area contributed by atoms with Crippen molar-refractivity contribution in [3.63, 3.8) is 0 Å². The van der Waals surface area contributed by atoms with Crippen LogP contribution in [0, 0.1) is 0 Å². The smallest absolute Gasteiger partial charge is 0.0308 e. The molecule has 21 heavy (non-hydrogen) atoms. The van der Waals surface area contributed by atoms with Gasteiger partial charge >= 0.3 is 0 Å². The van der Waals surface area contributed by atoms with Crippen LogP contribution in [-0.2, 0) is 0 Å². The summed E-state index contributed by atoms with van der Waals surface area (Å²) < 4.78 is 0. The third-order valence-corrected chi connectivity index (χ3v) is 5.89. The third kappa shape index (κ3) is 2.89. The van der Waals surface area contributed by atoms with Crippen molar-refractivity contribution in [3.8, 4) is 0 Å². The van der Waals surface area contributed by atoms with Crippen molar-refractivity contribution in [1.82, 2.24) is 10.2 Å². The van der Waals surface area contributed by atoms with E-state index in [4.69, 9.17) is 0 Å². The Hall–Kier alpha value is -0.860. The van der Waals surface area contributed by atoms with Crippen molar-refractivity contribution in [2.75, 3.05) is 19.6 Å². The van der Waals surface area contributed by atoms with Crippen molar-refractivity contribution >= 4 is 0 Å². The Balaban J connectivity index is 1.45. The predicted octanol–water partition coefficient (Wildman–Crippen LogP) is 3.54. The van der Waals surface area contributed by atoms with Crippen LogP contribution in [0.3, 0.4) is 0 Å². The SMILES string of the molecule is c1ccc(C2CC2N2CCCNC3(CCCCC3)C2)cc1. The second-order valence-corrected chi connectivity index (χ2v) is 7.41. The standard InChI is InChI=1S/C19H28N2/c1-3-8-16(9-4-1)17-14-18(17)21-13-7-12-20-19(15-21)10-5-2-6-11-19/h1,3-4,8-9,17-18,20H,2,5-7,10-15H2. The summed E-state index contributed by atoms with van der Waals surface area (Å²) in [7, 11) is 0. The summed E-state index contributed by atoms with van der Waals surface area (Å²) in [4.78, 5) is 2.82. The quantitative estimate of drug-likeness (QED) is 0.893. The minimum Gasteiger partial charge on any atom is -0.310 e. The van der Waals surface area contributed by atoms with Gasteiger partial charge < -0.3 is 5.32 Å². The molecule has 2 atom stereocenters. The topological polar surface area (TPSA) is 15.3 Å². The number of nitrogens with zero attached hydrogens (tertiary/aromatic N) is 1. The second-order valence-electron chi connectivity index (χ2n) is 7.41. The Morgan fingerprint density at radius 3 is 2.62 bits per heavy atom. The first-order valence-corrected chi connectivity index (χ1v) is 8.90. The highest BCUT2D eigenvalue weighted by Crippen LogP contribution is 2.46. The van der Waals surface area contributed by atoms with Gasteiger partial charge in [-0.1, -0.05) is 49.6 Å². The fraction of sp³-hybridized carbons (Fsp3) is 0.684. The molecule has 1 spiro atoms. The number of benzene rings is 1. The molecular formula is C19H28N2. The van der Waals surface area contributed by atoms with E-state index in [1.807, 2.05) is 0 Å². The molecule has 1 saturated heterocycles. The zero-order chi connectivity index (χ0) is 14.1. The first kappa shape index (κ1) is 13.8. The molecule has 2 unspecified atom stereocenters. The molecule has 1 heterocycles. The number of hydrogen-bond acceptors (Lipinski definition) is 2. The molecule has 3 aliphatic rings. The third-order valence-electron chi connectivity index (χ3n) is 5.89. The average Bonchev–Trinajstić information content (AvgIpc) is 3.33. The van der Waals surface area contributed by atoms with Crippen molar-refractivity contribution in [1.29, 1.82) is 0 Å². The van der Waals surface area contributed by atoms with Gasteiger partial charge in [0.2, 0.25) is 0 Å². The zero-order valence-corrected chi connectivity index (χ0v) is 13.1. The second kappa shape index (κ2) is 5.73. The Bertz CT molecular complexity index is 464. The molecule has 0 aromatic heterocycles. The predicted molar refractivity (Wildman–Crippen MR) is 87.6 cm³/mol. The van der Waals surface area contributed by atoms with Gasteiger partial charge in [0, 0.05) is 24.0 Å². The lowest BCUT2D eigenvalue weighted by Crippen LogP contribution is -2.53. The summed E-state index contributed by atoms with van der Waals surface area (Å²) in [6.45, 7) is 3.81. The highest BCUT2D eigenvalue weighted by atomic mass is 15.2. The monoisotopic (exact) mass is 284 g/mol. The van der Waals surface area contributed by atoms with Crippen LogP contribution in [0.4, 0.5) is 0 Å². The van der Waals surface area contributed by atoms with E-state index in [0.717, 1.165) is 12.0 Å². The first-order chi connectivity index (χ1) is 10.4. The van der Waals surface area contributed by atoms with Gasteiger partial charge in [-0.05, 0) is 44.3 Å². The highest BCUT2D eigenvalue weighted by Gasteiger charge is 2.46. The van der Waals surface area contributed by atoms with E-state index in [0.29, 0.717) is 5.54 Å². The van der Waals surface area contributed by atoms with Crippen LogP contribution in [0.1, 0.15) is 56.4 Å². The Labute approximate surface area is 128 Å². The van der Waals surface area contributed by atoms with Crippen LogP contribution in [0.15, 0.2) is 30.3 Å². The molecule has 1 N–H and O–H groups in total. The molecule has 2 saturated carbocycles. The van der Waals surface area contributed by atoms with Gasteiger partial charge in [-0.3, -0.25) is 4.90 Å². The van der Waals surface area contributed by atoms with Crippen molar-refractivity contribution < 1.29 is 0 Å². The molecule has 1 aliphatic heterocycles. The van der Waals surface area contributed by atoms with E-state index < -0.39 is 0 Å². The van der Waals surface area contributed by atoms with Gasteiger partial charge in [0.25, 0.3) is 0 Å².